The lowest BCUT2D eigenvalue weighted by molar-refractivity contribution is 0.719. The predicted octanol–water partition coefficient (Wildman–Crippen LogP) is 2.29. The minimum Gasteiger partial charge on any atom is -0.276 e. The van der Waals surface area contributed by atoms with E-state index in [0.717, 1.165) is 12.8 Å². The molecule has 2 rings (SSSR count). The summed E-state index contributed by atoms with van der Waals surface area (Å²) in [5.41, 5.74) is 1.35. The highest BCUT2D eigenvalue weighted by Gasteiger charge is 2.24. The summed E-state index contributed by atoms with van der Waals surface area (Å²) in [5.74, 6) is 0.654. The summed E-state index contributed by atoms with van der Waals surface area (Å²) in [6.07, 6.45) is 7.55. The Morgan fingerprint density at radius 3 is 2.92 bits per heavy atom. The Hall–Kier alpha value is -0.500. The predicted molar refractivity (Wildman–Crippen MR) is 49.4 cm³/mol. The molecule has 1 saturated carbocycles. The number of halogens is 1. The fourth-order valence-corrected chi connectivity index (χ4v) is 2.22. The third-order valence-corrected chi connectivity index (χ3v) is 2.96. The van der Waals surface area contributed by atoms with Crippen LogP contribution in [0.1, 0.15) is 30.7 Å². The maximum Gasteiger partial charge on any atom is 0.0524 e. The van der Waals surface area contributed by atoms with E-state index in [1.54, 1.807) is 0 Å². The van der Waals surface area contributed by atoms with Gasteiger partial charge in [-0.1, -0.05) is 0 Å². The molecule has 2 nitrogen and oxygen atoms in total. The van der Waals surface area contributed by atoms with Crippen LogP contribution in [-0.4, -0.2) is 15.2 Å². The van der Waals surface area contributed by atoms with E-state index >= 15 is 0 Å². The van der Waals surface area contributed by atoms with Crippen molar-refractivity contribution in [2.45, 2.75) is 30.6 Å². The van der Waals surface area contributed by atoms with Crippen LogP contribution in [0, 0.1) is 0 Å². The van der Waals surface area contributed by atoms with Gasteiger partial charge >= 0.3 is 0 Å². The summed E-state index contributed by atoms with van der Waals surface area (Å²) in [6.45, 7) is 0. The van der Waals surface area contributed by atoms with Crippen molar-refractivity contribution in [3.8, 4) is 0 Å². The van der Waals surface area contributed by atoms with Gasteiger partial charge in [0.25, 0.3) is 0 Å². The average Bonchev–Trinajstić information content (AvgIpc) is 2.58. The Kier molecular flexibility index (Phi) is 2.09. The van der Waals surface area contributed by atoms with Crippen LogP contribution in [0.3, 0.4) is 0 Å². The summed E-state index contributed by atoms with van der Waals surface area (Å²) in [7, 11) is 1.95. The zero-order chi connectivity index (χ0) is 8.55. The molecular formula is C9H13ClN2. The maximum absolute atomic E-state index is 6.04. The van der Waals surface area contributed by atoms with Gasteiger partial charge in [0.2, 0.25) is 0 Å². The molecule has 2 unspecified atom stereocenters. The van der Waals surface area contributed by atoms with E-state index in [-0.39, 0.29) is 0 Å². The van der Waals surface area contributed by atoms with Crippen LogP contribution >= 0.6 is 11.6 Å². The van der Waals surface area contributed by atoms with E-state index < -0.39 is 0 Å². The Balaban J connectivity index is 2.11. The van der Waals surface area contributed by atoms with Gasteiger partial charge in [0, 0.05) is 18.6 Å². The van der Waals surface area contributed by atoms with Crippen LogP contribution in [0.2, 0.25) is 0 Å². The molecule has 2 atom stereocenters. The summed E-state index contributed by atoms with van der Waals surface area (Å²) < 4.78 is 1.86. The summed E-state index contributed by atoms with van der Waals surface area (Å²) in [5, 5.41) is 4.54. The Morgan fingerprint density at radius 1 is 1.58 bits per heavy atom. The van der Waals surface area contributed by atoms with Gasteiger partial charge in [0.15, 0.2) is 0 Å². The first-order valence-electron chi connectivity index (χ1n) is 4.38. The minimum atomic E-state index is 0.384. The lowest BCUT2D eigenvalue weighted by Crippen LogP contribution is -1.92. The van der Waals surface area contributed by atoms with Crippen molar-refractivity contribution < 1.29 is 0 Å². The van der Waals surface area contributed by atoms with Gasteiger partial charge in [0.1, 0.15) is 0 Å². The second-order valence-corrected chi connectivity index (χ2v) is 4.17. The zero-order valence-corrected chi connectivity index (χ0v) is 7.96. The quantitative estimate of drug-likeness (QED) is 0.613. The van der Waals surface area contributed by atoms with Gasteiger partial charge in [0.05, 0.1) is 6.20 Å². The molecule has 0 amide bonds. The van der Waals surface area contributed by atoms with Gasteiger partial charge in [-0.3, -0.25) is 4.68 Å². The van der Waals surface area contributed by atoms with Crippen LogP contribution in [0.4, 0.5) is 0 Å². The van der Waals surface area contributed by atoms with E-state index in [9.17, 15) is 0 Å². The number of aryl methyl sites for hydroxylation is 1. The van der Waals surface area contributed by atoms with Crippen LogP contribution in [0.15, 0.2) is 12.4 Å². The molecule has 1 aromatic rings. The Labute approximate surface area is 77.5 Å². The second-order valence-electron chi connectivity index (χ2n) is 3.55. The van der Waals surface area contributed by atoms with Gasteiger partial charge < -0.3 is 0 Å². The van der Waals surface area contributed by atoms with Gasteiger partial charge in [-0.15, -0.1) is 11.6 Å². The van der Waals surface area contributed by atoms with Gasteiger partial charge in [-0.05, 0) is 30.7 Å². The molecule has 1 fully saturated rings. The maximum atomic E-state index is 6.04. The molecular weight excluding hydrogens is 172 g/mol. The molecule has 0 N–H and O–H groups in total. The molecule has 1 aromatic heterocycles. The number of nitrogens with zero attached hydrogens (tertiary/aromatic N) is 2. The molecule has 0 radical (unpaired) electrons. The lowest BCUT2D eigenvalue weighted by atomic mass is 10.0. The van der Waals surface area contributed by atoms with E-state index in [1.807, 2.05) is 17.9 Å². The number of rotatable bonds is 1. The SMILES string of the molecule is Cn1cc(C2CCC(Cl)C2)cn1. The van der Waals surface area contributed by atoms with Crippen molar-refractivity contribution in [2.24, 2.45) is 7.05 Å². The van der Waals surface area contributed by atoms with Crippen molar-refractivity contribution in [2.75, 3.05) is 0 Å². The monoisotopic (exact) mass is 184 g/mol. The topological polar surface area (TPSA) is 17.8 Å². The van der Waals surface area contributed by atoms with E-state index in [1.165, 1.54) is 12.0 Å². The number of hydrogen-bond donors (Lipinski definition) is 0. The highest BCUT2D eigenvalue weighted by Crippen LogP contribution is 2.36. The molecule has 1 heterocycles. The van der Waals surface area contributed by atoms with Crippen LogP contribution < -0.4 is 0 Å². The summed E-state index contributed by atoms with van der Waals surface area (Å²) >= 11 is 6.04. The number of hydrogen-bond acceptors (Lipinski definition) is 1. The molecule has 0 spiro atoms. The lowest BCUT2D eigenvalue weighted by Gasteiger charge is -2.03. The molecule has 0 aromatic carbocycles. The molecule has 3 heteroatoms. The Morgan fingerprint density at radius 2 is 2.42 bits per heavy atom. The molecule has 0 bridgehead atoms. The first kappa shape index (κ1) is 8.11. The summed E-state index contributed by atoms with van der Waals surface area (Å²) in [6, 6.07) is 0. The van der Waals surface area contributed by atoms with Crippen LogP contribution in [0.25, 0.3) is 0 Å². The van der Waals surface area contributed by atoms with Crippen molar-refractivity contribution in [3.63, 3.8) is 0 Å². The molecule has 12 heavy (non-hydrogen) atoms. The average molecular weight is 185 g/mol. The first-order chi connectivity index (χ1) is 5.75. The number of aromatic nitrogens is 2. The normalized spacial score (nSPS) is 29.5. The fourth-order valence-electron chi connectivity index (χ4n) is 1.88. The molecule has 66 valence electrons. The van der Waals surface area contributed by atoms with Crippen molar-refractivity contribution in [3.05, 3.63) is 18.0 Å². The van der Waals surface area contributed by atoms with Gasteiger partial charge in [-0.25, -0.2) is 0 Å². The van der Waals surface area contributed by atoms with E-state index in [2.05, 4.69) is 11.3 Å². The fraction of sp³-hybridized carbons (Fsp3) is 0.667. The Bertz CT molecular complexity index is 269. The first-order valence-corrected chi connectivity index (χ1v) is 4.82. The smallest absolute Gasteiger partial charge is 0.0524 e. The molecule has 1 aliphatic carbocycles. The second kappa shape index (κ2) is 3.09. The third-order valence-electron chi connectivity index (χ3n) is 2.56. The standard InChI is InChI=1S/C9H13ClN2/c1-12-6-8(5-11-12)7-2-3-9(10)4-7/h5-7,9H,2-4H2,1H3. The minimum absolute atomic E-state index is 0.384. The largest absolute Gasteiger partial charge is 0.276 e. The van der Waals surface area contributed by atoms with Crippen molar-refractivity contribution in [1.82, 2.24) is 9.78 Å². The molecule has 0 saturated heterocycles. The van der Waals surface area contributed by atoms with E-state index in [0.29, 0.717) is 11.3 Å². The van der Waals surface area contributed by atoms with Gasteiger partial charge in [-0.2, -0.15) is 5.10 Å². The third kappa shape index (κ3) is 1.48. The zero-order valence-electron chi connectivity index (χ0n) is 7.20. The van der Waals surface area contributed by atoms with Crippen LogP contribution in [-0.2, 0) is 7.05 Å². The highest BCUT2D eigenvalue weighted by atomic mass is 35.5. The van der Waals surface area contributed by atoms with Crippen molar-refractivity contribution >= 4 is 11.6 Å². The number of alkyl halides is 1. The van der Waals surface area contributed by atoms with Crippen LogP contribution in [0.5, 0.6) is 0 Å². The van der Waals surface area contributed by atoms with Crippen molar-refractivity contribution in [1.29, 1.82) is 0 Å². The molecule has 1 aliphatic rings. The highest BCUT2D eigenvalue weighted by molar-refractivity contribution is 6.20. The molecule has 0 aliphatic heterocycles. The summed E-state index contributed by atoms with van der Waals surface area (Å²) in [4.78, 5) is 0. The van der Waals surface area contributed by atoms with E-state index in [4.69, 9.17) is 11.6 Å².